The van der Waals surface area contributed by atoms with Crippen LogP contribution in [0.4, 0.5) is 0 Å². The number of carbonyl (C=O) groups excluding carboxylic acids is 2. The van der Waals surface area contributed by atoms with Crippen LogP contribution in [-0.4, -0.2) is 23.6 Å². The molecule has 0 spiro atoms. The van der Waals surface area contributed by atoms with E-state index in [0.29, 0.717) is 18.2 Å². The third-order valence-corrected chi connectivity index (χ3v) is 3.12. The van der Waals surface area contributed by atoms with E-state index >= 15 is 0 Å². The van der Waals surface area contributed by atoms with E-state index in [4.69, 9.17) is 12.2 Å². The predicted octanol–water partition coefficient (Wildman–Crippen LogP) is 2.08. The molecule has 1 rings (SSSR count). The fraction of sp³-hybridized carbons (Fsp3) is 0.438. The lowest BCUT2D eigenvalue weighted by molar-refractivity contribution is -0.161. The van der Waals surface area contributed by atoms with Gasteiger partial charge in [0.05, 0.1) is 12.3 Å². The van der Waals surface area contributed by atoms with E-state index in [1.807, 2.05) is 25.1 Å². The minimum Gasteiger partial charge on any atom is -0.393 e. The minimum absolute atomic E-state index is 0.0880. The van der Waals surface area contributed by atoms with Gasteiger partial charge in [0.25, 0.3) is 0 Å². The molecule has 6 heteroatoms. The molecule has 0 aliphatic rings. The van der Waals surface area contributed by atoms with Crippen molar-refractivity contribution in [2.24, 2.45) is 5.92 Å². The van der Waals surface area contributed by atoms with Crippen LogP contribution in [0.15, 0.2) is 24.3 Å². The highest BCUT2D eigenvalue weighted by molar-refractivity contribution is 7.80. The fourth-order valence-corrected chi connectivity index (χ4v) is 1.80. The summed E-state index contributed by atoms with van der Waals surface area (Å²) < 4.78 is 4.65. The van der Waals surface area contributed by atoms with Gasteiger partial charge in [-0.3, -0.25) is 9.59 Å². The van der Waals surface area contributed by atoms with E-state index < -0.39 is 11.9 Å². The molecule has 22 heavy (non-hydrogen) atoms. The van der Waals surface area contributed by atoms with E-state index in [9.17, 15) is 9.59 Å². The molecule has 0 aromatic heterocycles. The molecule has 0 aliphatic carbocycles. The molecule has 0 bridgehead atoms. The number of esters is 2. The number of benzene rings is 1. The van der Waals surface area contributed by atoms with Gasteiger partial charge in [-0.1, -0.05) is 43.7 Å². The van der Waals surface area contributed by atoms with Crippen molar-refractivity contribution in [2.45, 2.75) is 33.7 Å². The molecule has 0 saturated carbocycles. The fourth-order valence-electron chi connectivity index (χ4n) is 1.63. The largest absolute Gasteiger partial charge is 0.393 e. The average molecular weight is 322 g/mol. The van der Waals surface area contributed by atoms with Crippen molar-refractivity contribution in [3.05, 3.63) is 35.4 Å². The van der Waals surface area contributed by atoms with E-state index in [1.165, 1.54) is 5.56 Å². The Bertz CT molecular complexity index is 544. The summed E-state index contributed by atoms with van der Waals surface area (Å²) in [5.41, 5.74) is 2.32. The highest BCUT2D eigenvalue weighted by Crippen LogP contribution is 2.03. The van der Waals surface area contributed by atoms with Gasteiger partial charge in [-0.25, -0.2) is 0 Å². The van der Waals surface area contributed by atoms with E-state index in [-0.39, 0.29) is 12.3 Å². The summed E-state index contributed by atoms with van der Waals surface area (Å²) in [5, 5.41) is 6.43. The lowest BCUT2D eigenvalue weighted by Gasteiger charge is -2.11. The third kappa shape index (κ3) is 7.17. The van der Waals surface area contributed by atoms with Crippen molar-refractivity contribution in [1.82, 2.24) is 10.6 Å². The van der Waals surface area contributed by atoms with Gasteiger partial charge in [0.2, 0.25) is 0 Å². The number of carbonyl (C=O) groups is 2. The van der Waals surface area contributed by atoms with E-state index in [0.717, 1.165) is 5.56 Å². The zero-order chi connectivity index (χ0) is 16.5. The summed E-state index contributed by atoms with van der Waals surface area (Å²) in [6.07, 6.45) is 0.0880. The van der Waals surface area contributed by atoms with Crippen molar-refractivity contribution >= 4 is 29.3 Å². The molecule has 0 aliphatic heterocycles. The smallest absolute Gasteiger partial charge is 0.316 e. The van der Waals surface area contributed by atoms with Crippen LogP contribution in [-0.2, 0) is 20.9 Å². The van der Waals surface area contributed by atoms with Crippen molar-refractivity contribution < 1.29 is 14.3 Å². The van der Waals surface area contributed by atoms with Gasteiger partial charge in [0, 0.05) is 13.1 Å². The summed E-state index contributed by atoms with van der Waals surface area (Å²) in [4.78, 5) is 22.6. The quantitative estimate of drug-likeness (QED) is 0.475. The van der Waals surface area contributed by atoms with Crippen LogP contribution in [0.5, 0.6) is 0 Å². The molecule has 0 fully saturated rings. The predicted molar refractivity (Wildman–Crippen MR) is 89.2 cm³/mol. The lowest BCUT2D eigenvalue weighted by atomic mass is 10.1. The molecule has 0 heterocycles. The minimum atomic E-state index is -0.548. The van der Waals surface area contributed by atoms with Crippen LogP contribution in [0, 0.1) is 12.8 Å². The summed E-state index contributed by atoms with van der Waals surface area (Å²) in [7, 11) is 0. The molecule has 120 valence electrons. The Morgan fingerprint density at radius 3 is 2.64 bits per heavy atom. The third-order valence-electron chi connectivity index (χ3n) is 2.84. The van der Waals surface area contributed by atoms with Crippen LogP contribution < -0.4 is 10.6 Å². The molecule has 0 unspecified atom stereocenters. The maximum absolute atomic E-state index is 11.4. The Hall–Kier alpha value is -1.95. The highest BCUT2D eigenvalue weighted by Gasteiger charge is 2.13. The highest BCUT2D eigenvalue weighted by atomic mass is 32.1. The normalized spacial score (nSPS) is 10.2. The summed E-state index contributed by atoms with van der Waals surface area (Å²) in [6, 6.07) is 8.11. The van der Waals surface area contributed by atoms with Gasteiger partial charge in [0.15, 0.2) is 5.11 Å². The van der Waals surface area contributed by atoms with Gasteiger partial charge in [-0.2, -0.15) is 0 Å². The lowest BCUT2D eigenvalue weighted by Crippen LogP contribution is -2.36. The second kappa shape index (κ2) is 9.15. The number of thiocarbonyl (C=S) groups is 1. The molecule has 0 radical (unpaired) electrons. The molecule has 2 N–H and O–H groups in total. The van der Waals surface area contributed by atoms with Crippen LogP contribution in [0.25, 0.3) is 0 Å². The van der Waals surface area contributed by atoms with Gasteiger partial charge >= 0.3 is 11.9 Å². The number of hydrogen-bond acceptors (Lipinski definition) is 4. The first kappa shape index (κ1) is 18.1. The summed E-state index contributed by atoms with van der Waals surface area (Å²) in [5.74, 6) is -1.37. The molecular formula is C16H22N2O3S. The number of rotatable bonds is 6. The van der Waals surface area contributed by atoms with Crippen LogP contribution in [0.2, 0.25) is 0 Å². The van der Waals surface area contributed by atoms with Crippen molar-refractivity contribution in [2.75, 3.05) is 6.54 Å². The Morgan fingerprint density at radius 1 is 1.27 bits per heavy atom. The van der Waals surface area contributed by atoms with Gasteiger partial charge < -0.3 is 15.4 Å². The molecule has 1 aromatic carbocycles. The molecule has 5 nitrogen and oxygen atoms in total. The number of nitrogens with one attached hydrogen (secondary N) is 2. The summed E-state index contributed by atoms with van der Waals surface area (Å²) in [6.45, 7) is 6.33. The first-order chi connectivity index (χ1) is 10.4. The van der Waals surface area contributed by atoms with Crippen LogP contribution >= 0.6 is 12.2 Å². The van der Waals surface area contributed by atoms with E-state index in [1.54, 1.807) is 13.8 Å². The van der Waals surface area contributed by atoms with Crippen molar-refractivity contribution in [3.63, 3.8) is 0 Å². The molecule has 0 atom stereocenters. The topological polar surface area (TPSA) is 67.4 Å². The Labute approximate surface area is 136 Å². The zero-order valence-corrected chi connectivity index (χ0v) is 14.0. The number of aryl methyl sites for hydroxylation is 1. The number of hydrogen-bond donors (Lipinski definition) is 2. The van der Waals surface area contributed by atoms with Crippen LogP contribution in [0.3, 0.4) is 0 Å². The van der Waals surface area contributed by atoms with Gasteiger partial charge in [0.1, 0.15) is 0 Å². The Morgan fingerprint density at radius 2 is 2.00 bits per heavy atom. The molecular weight excluding hydrogens is 300 g/mol. The maximum atomic E-state index is 11.4. The second-order valence-electron chi connectivity index (χ2n) is 5.30. The standard InChI is InChI=1S/C16H22N2O3S/c1-11(2)15(20)21-14(19)7-8-17-16(22)18-10-13-6-4-5-12(3)9-13/h4-6,9,11H,7-8,10H2,1-3H3,(H2,17,18,22). The van der Waals surface area contributed by atoms with Crippen molar-refractivity contribution in [3.8, 4) is 0 Å². The Balaban J connectivity index is 2.21. The van der Waals surface area contributed by atoms with E-state index in [2.05, 4.69) is 21.4 Å². The first-order valence-electron chi connectivity index (χ1n) is 7.20. The number of ether oxygens (including phenoxy) is 1. The first-order valence-corrected chi connectivity index (χ1v) is 7.61. The molecule has 0 amide bonds. The molecule has 1 aromatic rings. The second-order valence-corrected chi connectivity index (χ2v) is 5.70. The zero-order valence-electron chi connectivity index (χ0n) is 13.1. The molecule has 0 saturated heterocycles. The van der Waals surface area contributed by atoms with Gasteiger partial charge in [-0.05, 0) is 24.7 Å². The maximum Gasteiger partial charge on any atom is 0.316 e. The SMILES string of the molecule is Cc1cccc(CNC(=S)NCCC(=O)OC(=O)C(C)C)c1. The monoisotopic (exact) mass is 322 g/mol. The average Bonchev–Trinajstić information content (AvgIpc) is 2.45. The van der Waals surface area contributed by atoms with Crippen LogP contribution in [0.1, 0.15) is 31.4 Å². The van der Waals surface area contributed by atoms with Crippen molar-refractivity contribution in [1.29, 1.82) is 0 Å². The van der Waals surface area contributed by atoms with Gasteiger partial charge in [-0.15, -0.1) is 0 Å². The summed E-state index contributed by atoms with van der Waals surface area (Å²) >= 11 is 5.13. The Kier molecular flexibility index (Phi) is 7.52.